The fourth-order valence-electron chi connectivity index (χ4n) is 2.88. The Kier molecular flexibility index (Phi) is 7.80. The van der Waals surface area contributed by atoms with Crippen LogP contribution in [0.15, 0.2) is 73.3 Å². The molecule has 0 heterocycles. The van der Waals surface area contributed by atoms with Crippen LogP contribution in [0.5, 0.6) is 0 Å². The summed E-state index contributed by atoms with van der Waals surface area (Å²) in [5.74, 6) is -0.133. The molecule has 2 amide bonds. The average molecular weight is 364 g/mol. The molecule has 0 aliphatic carbocycles. The molecule has 4 heteroatoms. The standard InChI is InChI=1S/C23H28N2O2/c1-4-22(26)24(17-20-11-7-5-8-12-20)15-16-25(23(27)19(2)3)18-21-13-9-6-10-14-21/h4-14,19H,1,15-18H2,2-3H3. The van der Waals surface area contributed by atoms with E-state index < -0.39 is 0 Å². The monoisotopic (exact) mass is 364 g/mol. The van der Waals surface area contributed by atoms with Gasteiger partial charge in [-0.05, 0) is 17.2 Å². The van der Waals surface area contributed by atoms with Crippen LogP contribution in [0.2, 0.25) is 0 Å². The SMILES string of the molecule is C=CC(=O)N(CCN(Cc1ccccc1)C(=O)C(C)C)Cc1ccccc1. The zero-order valence-corrected chi connectivity index (χ0v) is 16.2. The van der Waals surface area contributed by atoms with Crippen molar-refractivity contribution < 1.29 is 9.59 Å². The molecule has 0 atom stereocenters. The summed E-state index contributed by atoms with van der Waals surface area (Å²) in [6.07, 6.45) is 1.33. The van der Waals surface area contributed by atoms with Crippen LogP contribution in [-0.4, -0.2) is 34.7 Å². The molecule has 0 aliphatic heterocycles. The molecule has 0 saturated carbocycles. The van der Waals surface area contributed by atoms with Gasteiger partial charge in [0.05, 0.1) is 0 Å². The lowest BCUT2D eigenvalue weighted by Gasteiger charge is -2.29. The molecule has 2 rings (SSSR count). The maximum atomic E-state index is 12.7. The third-order valence-electron chi connectivity index (χ3n) is 4.36. The Labute approximate surface area is 162 Å². The molecular formula is C23H28N2O2. The summed E-state index contributed by atoms with van der Waals surface area (Å²) in [4.78, 5) is 28.5. The van der Waals surface area contributed by atoms with Crippen LogP contribution in [0.3, 0.4) is 0 Å². The summed E-state index contributed by atoms with van der Waals surface area (Å²) < 4.78 is 0. The summed E-state index contributed by atoms with van der Waals surface area (Å²) in [6.45, 7) is 9.40. The number of hydrogen-bond acceptors (Lipinski definition) is 2. The zero-order chi connectivity index (χ0) is 19.6. The second-order valence-corrected chi connectivity index (χ2v) is 6.85. The number of carbonyl (C=O) groups is 2. The minimum absolute atomic E-state index is 0.0876. The molecule has 0 bridgehead atoms. The van der Waals surface area contributed by atoms with Gasteiger partial charge >= 0.3 is 0 Å². The van der Waals surface area contributed by atoms with Gasteiger partial charge in [0, 0.05) is 32.1 Å². The normalized spacial score (nSPS) is 10.5. The van der Waals surface area contributed by atoms with Gasteiger partial charge in [-0.15, -0.1) is 0 Å². The summed E-state index contributed by atoms with van der Waals surface area (Å²) >= 11 is 0. The topological polar surface area (TPSA) is 40.6 Å². The summed E-state index contributed by atoms with van der Waals surface area (Å²) in [5.41, 5.74) is 2.13. The van der Waals surface area contributed by atoms with Gasteiger partial charge in [0.2, 0.25) is 11.8 Å². The van der Waals surface area contributed by atoms with Gasteiger partial charge in [-0.3, -0.25) is 9.59 Å². The predicted octanol–water partition coefficient (Wildman–Crippen LogP) is 3.89. The van der Waals surface area contributed by atoms with Crippen LogP contribution in [0.4, 0.5) is 0 Å². The third-order valence-corrected chi connectivity index (χ3v) is 4.36. The van der Waals surface area contributed by atoms with E-state index in [1.807, 2.05) is 79.4 Å². The van der Waals surface area contributed by atoms with Gasteiger partial charge in [-0.2, -0.15) is 0 Å². The molecule has 0 fully saturated rings. The minimum Gasteiger partial charge on any atom is -0.336 e. The average Bonchev–Trinajstić information content (AvgIpc) is 2.70. The Morgan fingerprint density at radius 1 is 0.852 bits per heavy atom. The van der Waals surface area contributed by atoms with E-state index in [9.17, 15) is 9.59 Å². The van der Waals surface area contributed by atoms with Crippen molar-refractivity contribution in [3.63, 3.8) is 0 Å². The lowest BCUT2D eigenvalue weighted by molar-refractivity contribution is -0.136. The largest absolute Gasteiger partial charge is 0.336 e. The Morgan fingerprint density at radius 2 is 1.30 bits per heavy atom. The molecule has 0 unspecified atom stereocenters. The van der Waals surface area contributed by atoms with Crippen molar-refractivity contribution in [2.45, 2.75) is 26.9 Å². The first-order valence-corrected chi connectivity index (χ1v) is 9.29. The van der Waals surface area contributed by atoms with Crippen LogP contribution in [0.1, 0.15) is 25.0 Å². The Hall–Kier alpha value is -2.88. The fourth-order valence-corrected chi connectivity index (χ4v) is 2.88. The fraction of sp³-hybridized carbons (Fsp3) is 0.304. The molecular weight excluding hydrogens is 336 g/mol. The molecule has 0 aromatic heterocycles. The first kappa shape index (κ1) is 20.4. The molecule has 2 aromatic carbocycles. The second kappa shape index (κ2) is 10.3. The molecule has 0 saturated heterocycles. The number of carbonyl (C=O) groups excluding carboxylic acids is 2. The maximum Gasteiger partial charge on any atom is 0.246 e. The summed E-state index contributed by atoms with van der Waals surface area (Å²) in [5, 5.41) is 0. The summed E-state index contributed by atoms with van der Waals surface area (Å²) in [6, 6.07) is 19.8. The zero-order valence-electron chi connectivity index (χ0n) is 16.2. The van der Waals surface area contributed by atoms with Crippen LogP contribution in [-0.2, 0) is 22.7 Å². The molecule has 4 nitrogen and oxygen atoms in total. The van der Waals surface area contributed by atoms with Crippen molar-refractivity contribution in [3.05, 3.63) is 84.4 Å². The van der Waals surface area contributed by atoms with Gasteiger partial charge in [0.15, 0.2) is 0 Å². The summed E-state index contributed by atoms with van der Waals surface area (Å²) in [7, 11) is 0. The first-order valence-electron chi connectivity index (χ1n) is 9.29. The van der Waals surface area contributed by atoms with Crippen LogP contribution >= 0.6 is 0 Å². The molecule has 0 aliphatic rings. The van der Waals surface area contributed by atoms with Crippen LogP contribution in [0, 0.1) is 5.92 Å². The quantitative estimate of drug-likeness (QED) is 0.634. The number of amides is 2. The lowest BCUT2D eigenvalue weighted by Crippen LogP contribution is -2.41. The van der Waals surface area contributed by atoms with Crippen LogP contribution in [0.25, 0.3) is 0 Å². The molecule has 0 spiro atoms. The highest BCUT2D eigenvalue weighted by Crippen LogP contribution is 2.11. The van der Waals surface area contributed by atoms with E-state index >= 15 is 0 Å². The van der Waals surface area contributed by atoms with Gasteiger partial charge in [-0.25, -0.2) is 0 Å². The van der Waals surface area contributed by atoms with Crippen molar-refractivity contribution in [1.82, 2.24) is 9.80 Å². The van der Waals surface area contributed by atoms with Crippen LogP contribution < -0.4 is 0 Å². The van der Waals surface area contributed by atoms with Gasteiger partial charge in [0.1, 0.15) is 0 Å². The molecule has 142 valence electrons. The maximum absolute atomic E-state index is 12.7. The Bertz CT molecular complexity index is 741. The highest BCUT2D eigenvalue weighted by atomic mass is 16.2. The van der Waals surface area contributed by atoms with Crippen molar-refractivity contribution in [3.8, 4) is 0 Å². The van der Waals surface area contributed by atoms with E-state index in [0.717, 1.165) is 11.1 Å². The third kappa shape index (κ3) is 6.41. The second-order valence-electron chi connectivity index (χ2n) is 6.85. The van der Waals surface area contributed by atoms with Crippen molar-refractivity contribution >= 4 is 11.8 Å². The van der Waals surface area contributed by atoms with Gasteiger partial charge in [-0.1, -0.05) is 81.1 Å². The van der Waals surface area contributed by atoms with E-state index in [-0.39, 0.29) is 17.7 Å². The molecule has 27 heavy (non-hydrogen) atoms. The van der Waals surface area contributed by atoms with E-state index in [1.165, 1.54) is 6.08 Å². The highest BCUT2D eigenvalue weighted by molar-refractivity contribution is 5.87. The van der Waals surface area contributed by atoms with E-state index in [1.54, 1.807) is 4.90 Å². The first-order chi connectivity index (χ1) is 13.0. The van der Waals surface area contributed by atoms with Gasteiger partial charge in [0.25, 0.3) is 0 Å². The van der Waals surface area contributed by atoms with E-state index in [0.29, 0.717) is 26.2 Å². The number of hydrogen-bond donors (Lipinski definition) is 0. The Morgan fingerprint density at radius 3 is 1.74 bits per heavy atom. The van der Waals surface area contributed by atoms with Crippen molar-refractivity contribution in [2.75, 3.05) is 13.1 Å². The van der Waals surface area contributed by atoms with E-state index in [4.69, 9.17) is 0 Å². The number of rotatable bonds is 9. The number of benzene rings is 2. The minimum atomic E-state index is -0.129. The van der Waals surface area contributed by atoms with Crippen molar-refractivity contribution in [2.24, 2.45) is 5.92 Å². The van der Waals surface area contributed by atoms with Crippen molar-refractivity contribution in [1.29, 1.82) is 0 Å². The molecule has 0 radical (unpaired) electrons. The smallest absolute Gasteiger partial charge is 0.246 e. The van der Waals surface area contributed by atoms with E-state index in [2.05, 4.69) is 6.58 Å². The van der Waals surface area contributed by atoms with Gasteiger partial charge < -0.3 is 9.80 Å². The molecule has 0 N–H and O–H groups in total. The molecule has 2 aromatic rings. The Balaban J connectivity index is 2.09. The number of nitrogens with zero attached hydrogens (tertiary/aromatic N) is 2. The lowest BCUT2D eigenvalue weighted by atomic mass is 10.1. The highest BCUT2D eigenvalue weighted by Gasteiger charge is 2.19. The predicted molar refractivity (Wildman–Crippen MR) is 109 cm³/mol.